The molecule has 0 spiro atoms. The van der Waals surface area contributed by atoms with Crippen LogP contribution < -0.4 is 16.0 Å². The van der Waals surface area contributed by atoms with Gasteiger partial charge in [-0.1, -0.05) is 27.2 Å². The van der Waals surface area contributed by atoms with Crippen molar-refractivity contribution in [1.29, 1.82) is 0 Å². The molecular formula is C16H34N4O2. The van der Waals surface area contributed by atoms with Gasteiger partial charge in [0, 0.05) is 13.1 Å². The van der Waals surface area contributed by atoms with Crippen LogP contribution in [0.2, 0.25) is 0 Å². The highest BCUT2D eigenvalue weighted by molar-refractivity contribution is 5.79. The Balaban J connectivity index is 4.55. The van der Waals surface area contributed by atoms with E-state index >= 15 is 0 Å². The van der Waals surface area contributed by atoms with E-state index in [4.69, 9.17) is 4.74 Å². The highest BCUT2D eigenvalue weighted by Crippen LogP contribution is 2.05. The Kier molecular flexibility index (Phi) is 12.3. The number of alkyl carbamates (subject to hydrolysis) is 1. The number of guanidine groups is 1. The van der Waals surface area contributed by atoms with Gasteiger partial charge in [0.15, 0.2) is 5.96 Å². The molecule has 0 fully saturated rings. The van der Waals surface area contributed by atoms with Crippen molar-refractivity contribution < 1.29 is 9.53 Å². The minimum absolute atomic E-state index is 0.0133. The van der Waals surface area contributed by atoms with E-state index in [2.05, 4.69) is 41.7 Å². The largest absolute Gasteiger partial charge is 0.450 e. The van der Waals surface area contributed by atoms with E-state index in [1.54, 1.807) is 6.92 Å². The fourth-order valence-corrected chi connectivity index (χ4v) is 2.01. The molecule has 0 aromatic rings. The fraction of sp³-hybridized carbons (Fsp3) is 0.875. The van der Waals surface area contributed by atoms with Crippen LogP contribution in [0.4, 0.5) is 4.79 Å². The first kappa shape index (κ1) is 20.5. The molecule has 1 unspecified atom stereocenters. The molecule has 0 saturated carbocycles. The summed E-state index contributed by atoms with van der Waals surface area (Å²) in [7, 11) is 0. The highest BCUT2D eigenvalue weighted by Gasteiger charge is 2.14. The number of hydrogen-bond donors (Lipinski definition) is 3. The lowest BCUT2D eigenvalue weighted by molar-refractivity contribution is 0.147. The summed E-state index contributed by atoms with van der Waals surface area (Å²) < 4.78 is 4.96. The molecule has 0 radical (unpaired) electrons. The molecule has 1 amide bonds. The topological polar surface area (TPSA) is 74.8 Å². The van der Waals surface area contributed by atoms with Gasteiger partial charge in [0.2, 0.25) is 0 Å². The van der Waals surface area contributed by atoms with Gasteiger partial charge in [0.1, 0.15) is 0 Å². The van der Waals surface area contributed by atoms with E-state index in [1.807, 2.05) is 6.92 Å². The second kappa shape index (κ2) is 13.2. The Hall–Kier alpha value is -1.46. The lowest BCUT2D eigenvalue weighted by atomic mass is 10.0. The van der Waals surface area contributed by atoms with Crippen LogP contribution in [-0.2, 0) is 4.74 Å². The number of unbranched alkanes of at least 4 members (excludes halogenated alkanes) is 1. The molecule has 0 aliphatic heterocycles. The SMILES string of the molecule is CCCCNC(=NCC(CC(C)C)NC(=O)OCC)NCC. The molecule has 6 heteroatoms. The zero-order chi connectivity index (χ0) is 16.8. The standard InChI is InChI=1S/C16H34N4O2/c1-6-9-10-18-15(17-7-2)19-12-14(11-13(4)5)20-16(21)22-8-3/h13-14H,6-12H2,1-5H3,(H,20,21)(H2,17,18,19). The number of carbonyl (C=O) groups excluding carboxylic acids is 1. The van der Waals surface area contributed by atoms with Crippen molar-refractivity contribution in [2.24, 2.45) is 10.9 Å². The van der Waals surface area contributed by atoms with E-state index < -0.39 is 0 Å². The van der Waals surface area contributed by atoms with Gasteiger partial charge in [0.25, 0.3) is 0 Å². The minimum Gasteiger partial charge on any atom is -0.450 e. The summed E-state index contributed by atoms with van der Waals surface area (Å²) in [6, 6.07) is -0.0133. The quantitative estimate of drug-likeness (QED) is 0.329. The number of ether oxygens (including phenoxy) is 1. The molecule has 0 rings (SSSR count). The molecular weight excluding hydrogens is 280 g/mol. The molecule has 0 aliphatic rings. The van der Waals surface area contributed by atoms with Crippen molar-refractivity contribution in [1.82, 2.24) is 16.0 Å². The predicted molar refractivity (Wildman–Crippen MR) is 92.3 cm³/mol. The lowest BCUT2D eigenvalue weighted by Gasteiger charge is -2.19. The van der Waals surface area contributed by atoms with Crippen LogP contribution >= 0.6 is 0 Å². The van der Waals surface area contributed by atoms with Crippen LogP contribution in [0.5, 0.6) is 0 Å². The number of carbonyl (C=O) groups is 1. The average Bonchev–Trinajstić information content (AvgIpc) is 2.44. The molecule has 3 N–H and O–H groups in total. The summed E-state index contributed by atoms with van der Waals surface area (Å²) in [5.74, 6) is 1.29. The third-order valence-corrected chi connectivity index (χ3v) is 2.99. The van der Waals surface area contributed by atoms with E-state index in [0.29, 0.717) is 19.1 Å². The fourth-order valence-electron chi connectivity index (χ4n) is 2.01. The first-order valence-electron chi connectivity index (χ1n) is 8.48. The number of hydrogen-bond acceptors (Lipinski definition) is 3. The zero-order valence-corrected chi connectivity index (χ0v) is 14.9. The van der Waals surface area contributed by atoms with Crippen LogP contribution in [0.25, 0.3) is 0 Å². The van der Waals surface area contributed by atoms with Crippen molar-refractivity contribution in [3.05, 3.63) is 0 Å². The van der Waals surface area contributed by atoms with Crippen molar-refractivity contribution in [2.45, 2.75) is 59.9 Å². The summed E-state index contributed by atoms with van der Waals surface area (Å²) in [6.45, 7) is 12.9. The van der Waals surface area contributed by atoms with Crippen molar-refractivity contribution in [2.75, 3.05) is 26.2 Å². The number of rotatable bonds is 10. The van der Waals surface area contributed by atoms with Crippen LogP contribution in [0.3, 0.4) is 0 Å². The first-order chi connectivity index (χ1) is 10.5. The molecule has 6 nitrogen and oxygen atoms in total. The van der Waals surface area contributed by atoms with Crippen LogP contribution in [0.15, 0.2) is 4.99 Å². The van der Waals surface area contributed by atoms with Gasteiger partial charge in [0.05, 0.1) is 19.2 Å². The van der Waals surface area contributed by atoms with Crippen LogP contribution in [0.1, 0.15) is 53.9 Å². The Morgan fingerprint density at radius 2 is 1.91 bits per heavy atom. The van der Waals surface area contributed by atoms with Gasteiger partial charge >= 0.3 is 6.09 Å². The Morgan fingerprint density at radius 1 is 1.18 bits per heavy atom. The molecule has 130 valence electrons. The zero-order valence-electron chi connectivity index (χ0n) is 14.9. The maximum absolute atomic E-state index is 11.6. The lowest BCUT2D eigenvalue weighted by Crippen LogP contribution is -2.41. The third kappa shape index (κ3) is 11.2. The first-order valence-corrected chi connectivity index (χ1v) is 8.48. The summed E-state index contributed by atoms with van der Waals surface area (Å²) in [5, 5.41) is 9.42. The molecule has 0 aromatic carbocycles. The molecule has 1 atom stereocenters. The smallest absolute Gasteiger partial charge is 0.407 e. The number of aliphatic imine (C=N–C) groups is 1. The maximum Gasteiger partial charge on any atom is 0.407 e. The number of nitrogens with one attached hydrogen (secondary N) is 3. The molecule has 0 saturated heterocycles. The third-order valence-electron chi connectivity index (χ3n) is 2.99. The minimum atomic E-state index is -0.368. The normalized spacial score (nSPS) is 12.9. The van der Waals surface area contributed by atoms with Crippen molar-refractivity contribution in [3.8, 4) is 0 Å². The van der Waals surface area contributed by atoms with Crippen LogP contribution in [-0.4, -0.2) is 44.3 Å². The number of nitrogens with zero attached hydrogens (tertiary/aromatic N) is 1. The van der Waals surface area contributed by atoms with E-state index in [1.165, 1.54) is 0 Å². The van der Waals surface area contributed by atoms with Gasteiger partial charge in [-0.15, -0.1) is 0 Å². The predicted octanol–water partition coefficient (Wildman–Crippen LogP) is 2.50. The number of amides is 1. The van der Waals surface area contributed by atoms with Crippen molar-refractivity contribution >= 4 is 12.1 Å². The van der Waals surface area contributed by atoms with Gasteiger partial charge in [-0.3, -0.25) is 4.99 Å². The van der Waals surface area contributed by atoms with Crippen molar-refractivity contribution in [3.63, 3.8) is 0 Å². The molecule has 0 aromatic heterocycles. The van der Waals surface area contributed by atoms with Crippen LogP contribution in [0, 0.1) is 5.92 Å². The molecule has 22 heavy (non-hydrogen) atoms. The second-order valence-corrected chi connectivity index (χ2v) is 5.69. The maximum atomic E-state index is 11.6. The van der Waals surface area contributed by atoms with E-state index in [-0.39, 0.29) is 12.1 Å². The van der Waals surface area contributed by atoms with Gasteiger partial charge < -0.3 is 20.7 Å². The van der Waals surface area contributed by atoms with Gasteiger partial charge in [-0.05, 0) is 32.6 Å². The molecule has 0 heterocycles. The summed E-state index contributed by atoms with van der Waals surface area (Å²) in [5.41, 5.74) is 0. The van der Waals surface area contributed by atoms with Gasteiger partial charge in [-0.25, -0.2) is 4.79 Å². The Labute approximate surface area is 135 Å². The molecule has 0 aliphatic carbocycles. The second-order valence-electron chi connectivity index (χ2n) is 5.69. The molecule has 0 bridgehead atoms. The van der Waals surface area contributed by atoms with E-state index in [9.17, 15) is 4.79 Å². The Bertz CT molecular complexity index is 319. The Morgan fingerprint density at radius 3 is 2.45 bits per heavy atom. The highest BCUT2D eigenvalue weighted by atomic mass is 16.5. The average molecular weight is 314 g/mol. The monoisotopic (exact) mass is 314 g/mol. The van der Waals surface area contributed by atoms with Gasteiger partial charge in [-0.2, -0.15) is 0 Å². The summed E-state index contributed by atoms with van der Waals surface area (Å²) in [4.78, 5) is 16.2. The summed E-state index contributed by atoms with van der Waals surface area (Å²) in [6.07, 6.45) is 2.76. The van der Waals surface area contributed by atoms with E-state index in [0.717, 1.165) is 38.3 Å². The summed E-state index contributed by atoms with van der Waals surface area (Å²) >= 11 is 0.